The number of likely N-dealkylation sites (N-methyl/N-ethyl adjacent to an activating group) is 1. The van der Waals surface area contributed by atoms with Gasteiger partial charge in [-0.3, -0.25) is 0 Å². The van der Waals surface area contributed by atoms with Gasteiger partial charge in [-0.05, 0) is 63.1 Å². The molecule has 0 aliphatic heterocycles. The molecule has 0 saturated carbocycles. The first kappa shape index (κ1) is 12.9. The Morgan fingerprint density at radius 3 is 2.39 bits per heavy atom. The lowest BCUT2D eigenvalue weighted by atomic mass is 10.00. The van der Waals surface area contributed by atoms with Gasteiger partial charge in [-0.1, -0.05) is 18.2 Å². The molecule has 0 bridgehead atoms. The van der Waals surface area contributed by atoms with E-state index >= 15 is 0 Å². The maximum Gasteiger partial charge on any atom is 0.121 e. The summed E-state index contributed by atoms with van der Waals surface area (Å²) in [5, 5.41) is 3.32. The fourth-order valence-electron chi connectivity index (χ4n) is 2.15. The smallest absolute Gasteiger partial charge is 0.121 e. The zero-order valence-electron chi connectivity index (χ0n) is 11.6. The zero-order valence-corrected chi connectivity index (χ0v) is 11.6. The lowest BCUT2D eigenvalue weighted by Crippen LogP contribution is -2.18. The van der Waals surface area contributed by atoms with Gasteiger partial charge in [0.2, 0.25) is 0 Å². The average Bonchev–Trinajstić information content (AvgIpc) is 2.77. The lowest BCUT2D eigenvalue weighted by Gasteiger charge is -2.14. The van der Waals surface area contributed by atoms with Gasteiger partial charge in [0.25, 0.3) is 0 Å². The van der Waals surface area contributed by atoms with E-state index in [1.54, 1.807) is 0 Å². The summed E-state index contributed by atoms with van der Waals surface area (Å²) in [5.74, 6) is 1.97. The molecule has 0 amide bonds. The summed E-state index contributed by atoms with van der Waals surface area (Å²) in [6.45, 7) is 6.28. The Labute approximate surface area is 109 Å². The highest BCUT2D eigenvalue weighted by atomic mass is 16.3. The topological polar surface area (TPSA) is 25.2 Å². The maximum atomic E-state index is 5.70. The molecular formula is C16H21NO. The molecule has 0 spiro atoms. The Morgan fingerprint density at radius 1 is 1.06 bits per heavy atom. The van der Waals surface area contributed by atoms with Crippen LogP contribution in [0, 0.1) is 20.8 Å². The van der Waals surface area contributed by atoms with Crippen molar-refractivity contribution in [2.45, 2.75) is 33.2 Å². The van der Waals surface area contributed by atoms with E-state index in [9.17, 15) is 0 Å². The standard InChI is InChI=1S/C16H21NO/c1-11-5-7-14(9-12(11)2)10-15(17-4)16-8-6-13(3)18-16/h5-9,15,17H,10H2,1-4H3. The number of nitrogens with one attached hydrogen (secondary N) is 1. The van der Waals surface area contributed by atoms with Gasteiger partial charge in [-0.25, -0.2) is 0 Å². The first-order valence-corrected chi connectivity index (χ1v) is 6.40. The van der Waals surface area contributed by atoms with Crippen LogP contribution in [-0.4, -0.2) is 7.05 Å². The molecule has 0 aliphatic carbocycles. The van der Waals surface area contributed by atoms with Gasteiger partial charge in [0.15, 0.2) is 0 Å². The number of hydrogen-bond acceptors (Lipinski definition) is 2. The van der Waals surface area contributed by atoms with Gasteiger partial charge in [0, 0.05) is 0 Å². The third-order valence-corrected chi connectivity index (χ3v) is 3.46. The number of hydrogen-bond donors (Lipinski definition) is 1. The van der Waals surface area contributed by atoms with E-state index in [1.807, 2.05) is 20.0 Å². The summed E-state index contributed by atoms with van der Waals surface area (Å²) in [7, 11) is 1.98. The highest BCUT2D eigenvalue weighted by Crippen LogP contribution is 2.21. The average molecular weight is 243 g/mol. The normalized spacial score (nSPS) is 12.7. The number of aryl methyl sites for hydroxylation is 3. The molecule has 1 aromatic heterocycles. The SMILES string of the molecule is CNC(Cc1ccc(C)c(C)c1)c1ccc(C)o1. The summed E-state index contributed by atoms with van der Waals surface area (Å²) >= 11 is 0. The summed E-state index contributed by atoms with van der Waals surface area (Å²) in [5.41, 5.74) is 4.03. The van der Waals surface area contributed by atoms with Crippen molar-refractivity contribution in [3.63, 3.8) is 0 Å². The Hall–Kier alpha value is -1.54. The van der Waals surface area contributed by atoms with Crippen molar-refractivity contribution < 1.29 is 4.42 Å². The largest absolute Gasteiger partial charge is 0.465 e. The van der Waals surface area contributed by atoms with Gasteiger partial charge in [-0.15, -0.1) is 0 Å². The van der Waals surface area contributed by atoms with Crippen molar-refractivity contribution in [1.82, 2.24) is 5.32 Å². The molecule has 96 valence electrons. The van der Waals surface area contributed by atoms with E-state index in [2.05, 4.69) is 43.4 Å². The van der Waals surface area contributed by atoms with Gasteiger partial charge >= 0.3 is 0 Å². The predicted molar refractivity (Wildman–Crippen MR) is 74.9 cm³/mol. The molecule has 2 nitrogen and oxygen atoms in total. The molecule has 18 heavy (non-hydrogen) atoms. The van der Waals surface area contributed by atoms with Gasteiger partial charge in [0.05, 0.1) is 6.04 Å². The van der Waals surface area contributed by atoms with E-state index in [-0.39, 0.29) is 6.04 Å². The fraction of sp³-hybridized carbons (Fsp3) is 0.375. The van der Waals surface area contributed by atoms with Crippen LogP contribution in [0.25, 0.3) is 0 Å². The second-order valence-electron chi connectivity index (χ2n) is 4.91. The van der Waals surface area contributed by atoms with Crippen LogP contribution in [0.4, 0.5) is 0 Å². The minimum Gasteiger partial charge on any atom is -0.465 e. The minimum atomic E-state index is 0.237. The second-order valence-corrected chi connectivity index (χ2v) is 4.91. The van der Waals surface area contributed by atoms with Crippen LogP contribution in [0.15, 0.2) is 34.7 Å². The van der Waals surface area contributed by atoms with Crippen molar-refractivity contribution in [3.8, 4) is 0 Å². The Bertz CT molecular complexity index is 528. The molecule has 2 aromatic rings. The molecule has 1 N–H and O–H groups in total. The third-order valence-electron chi connectivity index (χ3n) is 3.46. The monoisotopic (exact) mass is 243 g/mol. The van der Waals surface area contributed by atoms with Crippen molar-refractivity contribution in [2.75, 3.05) is 7.05 Å². The van der Waals surface area contributed by atoms with E-state index in [0.29, 0.717) is 0 Å². The van der Waals surface area contributed by atoms with Gasteiger partial charge < -0.3 is 9.73 Å². The minimum absolute atomic E-state index is 0.237. The van der Waals surface area contributed by atoms with Crippen LogP contribution in [0.1, 0.15) is 34.3 Å². The van der Waals surface area contributed by atoms with Crippen LogP contribution in [0.5, 0.6) is 0 Å². The van der Waals surface area contributed by atoms with E-state index in [0.717, 1.165) is 17.9 Å². The molecule has 0 fully saturated rings. The first-order chi connectivity index (χ1) is 8.60. The number of rotatable bonds is 4. The van der Waals surface area contributed by atoms with Crippen LogP contribution in [-0.2, 0) is 6.42 Å². The van der Waals surface area contributed by atoms with Crippen LogP contribution >= 0.6 is 0 Å². The summed E-state index contributed by atoms with van der Waals surface area (Å²) < 4.78 is 5.70. The maximum absolute atomic E-state index is 5.70. The predicted octanol–water partition coefficient (Wildman–Crippen LogP) is 3.71. The van der Waals surface area contributed by atoms with Crippen molar-refractivity contribution in [2.24, 2.45) is 0 Å². The molecule has 1 heterocycles. The zero-order chi connectivity index (χ0) is 13.1. The molecule has 1 unspecified atom stereocenters. The van der Waals surface area contributed by atoms with E-state index in [1.165, 1.54) is 16.7 Å². The van der Waals surface area contributed by atoms with Gasteiger partial charge in [0.1, 0.15) is 11.5 Å². The highest BCUT2D eigenvalue weighted by molar-refractivity contribution is 5.31. The fourth-order valence-corrected chi connectivity index (χ4v) is 2.15. The first-order valence-electron chi connectivity index (χ1n) is 6.40. The van der Waals surface area contributed by atoms with Gasteiger partial charge in [-0.2, -0.15) is 0 Å². The second kappa shape index (κ2) is 5.40. The molecule has 0 radical (unpaired) electrons. The van der Waals surface area contributed by atoms with Crippen molar-refractivity contribution in [3.05, 3.63) is 58.5 Å². The quantitative estimate of drug-likeness (QED) is 0.885. The Balaban J connectivity index is 2.17. The molecule has 1 aromatic carbocycles. The number of furan rings is 1. The summed E-state index contributed by atoms with van der Waals surface area (Å²) in [6.07, 6.45) is 0.949. The van der Waals surface area contributed by atoms with E-state index in [4.69, 9.17) is 4.42 Å². The summed E-state index contributed by atoms with van der Waals surface area (Å²) in [6, 6.07) is 10.9. The summed E-state index contributed by atoms with van der Waals surface area (Å²) in [4.78, 5) is 0. The Morgan fingerprint density at radius 2 is 1.83 bits per heavy atom. The molecule has 0 aliphatic rings. The Kier molecular flexibility index (Phi) is 3.87. The third kappa shape index (κ3) is 2.82. The molecule has 0 saturated heterocycles. The number of benzene rings is 1. The molecule has 2 rings (SSSR count). The van der Waals surface area contributed by atoms with Crippen LogP contribution < -0.4 is 5.32 Å². The molecular weight excluding hydrogens is 222 g/mol. The molecule has 1 atom stereocenters. The van der Waals surface area contributed by atoms with Crippen molar-refractivity contribution in [1.29, 1.82) is 0 Å². The molecule has 2 heteroatoms. The lowest BCUT2D eigenvalue weighted by molar-refractivity contribution is 0.414. The van der Waals surface area contributed by atoms with E-state index < -0.39 is 0 Å². The highest BCUT2D eigenvalue weighted by Gasteiger charge is 2.13. The van der Waals surface area contributed by atoms with Crippen molar-refractivity contribution >= 4 is 0 Å². The van der Waals surface area contributed by atoms with Crippen LogP contribution in [0.2, 0.25) is 0 Å². The van der Waals surface area contributed by atoms with Crippen LogP contribution in [0.3, 0.4) is 0 Å².